The average Bonchev–Trinajstić information content (AvgIpc) is 2.68. The van der Waals surface area contributed by atoms with Gasteiger partial charge in [-0.1, -0.05) is 50.1 Å². The fourth-order valence-corrected chi connectivity index (χ4v) is 2.54. The third-order valence-corrected chi connectivity index (χ3v) is 4.05. The number of Topliss-reactive ketones (excluding diaryl/α,β-unsaturated/α-hetero) is 1. The number of hydrogen-bond acceptors (Lipinski definition) is 4. The number of ether oxygens (including phenoxy) is 1. The maximum Gasteiger partial charge on any atom is 0.310 e. The smallest absolute Gasteiger partial charge is 0.310 e. The van der Waals surface area contributed by atoms with E-state index in [4.69, 9.17) is 4.74 Å². The number of benzene rings is 2. The van der Waals surface area contributed by atoms with Crippen LogP contribution in [0.2, 0.25) is 0 Å². The van der Waals surface area contributed by atoms with E-state index in [9.17, 15) is 14.4 Å². The van der Waals surface area contributed by atoms with Gasteiger partial charge in [0.15, 0.2) is 12.4 Å². The quantitative estimate of drug-likeness (QED) is 0.388. The Bertz CT molecular complexity index is 754. The molecule has 0 unspecified atom stereocenters. The maximum absolute atomic E-state index is 12.1. The molecule has 0 spiro atoms. The molecule has 0 aliphatic carbocycles. The van der Waals surface area contributed by atoms with Gasteiger partial charge >= 0.3 is 5.97 Å². The standard InChI is InChI=1S/C22H25NO4/c1-2-3-5-10-21(25)23-19-13-11-18(12-14-19)20(24)16-27-22(26)15-17-8-6-4-7-9-17/h4,6-9,11-14H,2-3,5,10,15-16H2,1H3,(H,23,25). The summed E-state index contributed by atoms with van der Waals surface area (Å²) in [6.45, 7) is 1.79. The minimum atomic E-state index is -0.439. The third kappa shape index (κ3) is 7.44. The van der Waals surface area contributed by atoms with Crippen molar-refractivity contribution in [1.82, 2.24) is 0 Å². The van der Waals surface area contributed by atoms with Crippen molar-refractivity contribution in [3.8, 4) is 0 Å². The number of hydrogen-bond donors (Lipinski definition) is 1. The van der Waals surface area contributed by atoms with Crippen molar-refractivity contribution in [3.63, 3.8) is 0 Å². The number of amides is 1. The number of ketones is 1. The van der Waals surface area contributed by atoms with E-state index in [-0.39, 0.29) is 24.7 Å². The van der Waals surface area contributed by atoms with Crippen LogP contribution < -0.4 is 5.32 Å². The Kier molecular flexibility index (Phi) is 8.23. The van der Waals surface area contributed by atoms with Crippen LogP contribution in [0.1, 0.15) is 48.5 Å². The zero-order chi connectivity index (χ0) is 19.5. The molecular formula is C22H25NO4. The summed E-state index contributed by atoms with van der Waals surface area (Å²) >= 11 is 0. The highest BCUT2D eigenvalue weighted by Crippen LogP contribution is 2.12. The van der Waals surface area contributed by atoms with Gasteiger partial charge in [-0.2, -0.15) is 0 Å². The first-order valence-electron chi connectivity index (χ1n) is 9.21. The van der Waals surface area contributed by atoms with Crippen LogP contribution in [0.3, 0.4) is 0 Å². The Morgan fingerprint density at radius 2 is 1.63 bits per heavy atom. The number of unbranched alkanes of at least 4 members (excludes halogenated alkanes) is 2. The van der Waals surface area contributed by atoms with E-state index in [1.54, 1.807) is 24.3 Å². The first-order chi connectivity index (χ1) is 13.1. The van der Waals surface area contributed by atoms with E-state index >= 15 is 0 Å². The molecule has 0 aromatic heterocycles. The number of nitrogens with one attached hydrogen (secondary N) is 1. The van der Waals surface area contributed by atoms with Crippen LogP contribution in [0, 0.1) is 0 Å². The molecule has 1 N–H and O–H groups in total. The van der Waals surface area contributed by atoms with Crippen molar-refractivity contribution in [1.29, 1.82) is 0 Å². The summed E-state index contributed by atoms with van der Waals surface area (Å²) in [5.41, 5.74) is 1.93. The molecule has 2 rings (SSSR count). The van der Waals surface area contributed by atoms with Crippen LogP contribution in [0.5, 0.6) is 0 Å². The van der Waals surface area contributed by atoms with Crippen molar-refractivity contribution in [2.45, 2.75) is 39.0 Å². The maximum atomic E-state index is 12.1. The van der Waals surface area contributed by atoms with Gasteiger partial charge in [0.1, 0.15) is 0 Å². The lowest BCUT2D eigenvalue weighted by Crippen LogP contribution is -2.16. The molecule has 0 fully saturated rings. The molecule has 0 heterocycles. The molecule has 5 nitrogen and oxygen atoms in total. The lowest BCUT2D eigenvalue weighted by atomic mass is 10.1. The van der Waals surface area contributed by atoms with Crippen molar-refractivity contribution >= 4 is 23.3 Å². The molecule has 5 heteroatoms. The van der Waals surface area contributed by atoms with Crippen LogP contribution in [0.25, 0.3) is 0 Å². The fraction of sp³-hybridized carbons (Fsp3) is 0.318. The molecule has 0 aliphatic rings. The van der Waals surface area contributed by atoms with E-state index in [1.165, 1.54) is 0 Å². The van der Waals surface area contributed by atoms with Crippen molar-refractivity contribution < 1.29 is 19.1 Å². The first-order valence-corrected chi connectivity index (χ1v) is 9.21. The highest BCUT2D eigenvalue weighted by atomic mass is 16.5. The predicted molar refractivity (Wildman–Crippen MR) is 105 cm³/mol. The molecule has 2 aromatic rings. The Morgan fingerprint density at radius 3 is 2.30 bits per heavy atom. The van der Waals surface area contributed by atoms with Crippen molar-refractivity contribution in [3.05, 3.63) is 65.7 Å². The number of carbonyl (C=O) groups excluding carboxylic acids is 3. The fourth-order valence-electron chi connectivity index (χ4n) is 2.54. The summed E-state index contributed by atoms with van der Waals surface area (Å²) in [5.74, 6) is -0.750. The van der Waals surface area contributed by atoms with E-state index in [2.05, 4.69) is 12.2 Å². The van der Waals surface area contributed by atoms with Crippen LogP contribution in [-0.4, -0.2) is 24.3 Å². The first kappa shape index (κ1) is 20.4. The molecule has 142 valence electrons. The molecule has 0 saturated heterocycles. The summed E-state index contributed by atoms with van der Waals surface area (Å²) in [6, 6.07) is 15.8. The monoisotopic (exact) mass is 367 g/mol. The van der Waals surface area contributed by atoms with Gasteiger partial charge in [-0.15, -0.1) is 0 Å². The molecular weight excluding hydrogens is 342 g/mol. The molecule has 0 saturated carbocycles. The lowest BCUT2D eigenvalue weighted by molar-refractivity contribution is -0.141. The summed E-state index contributed by atoms with van der Waals surface area (Å²) in [5, 5.41) is 2.81. The van der Waals surface area contributed by atoms with Crippen LogP contribution in [-0.2, 0) is 20.7 Å². The van der Waals surface area contributed by atoms with Crippen LogP contribution >= 0.6 is 0 Å². The highest BCUT2D eigenvalue weighted by molar-refractivity contribution is 5.98. The normalized spacial score (nSPS) is 10.3. The van der Waals surface area contributed by atoms with E-state index < -0.39 is 5.97 Å². The highest BCUT2D eigenvalue weighted by Gasteiger charge is 2.11. The number of esters is 1. The van der Waals surface area contributed by atoms with E-state index in [1.807, 2.05) is 30.3 Å². The van der Waals surface area contributed by atoms with Gasteiger partial charge in [0, 0.05) is 17.7 Å². The second-order valence-electron chi connectivity index (χ2n) is 6.33. The topological polar surface area (TPSA) is 72.5 Å². The van der Waals surface area contributed by atoms with Crippen molar-refractivity contribution in [2.24, 2.45) is 0 Å². The summed E-state index contributed by atoms with van der Waals surface area (Å²) < 4.78 is 5.05. The van der Waals surface area contributed by atoms with Gasteiger partial charge in [0.2, 0.25) is 5.91 Å². The van der Waals surface area contributed by atoms with E-state index in [0.29, 0.717) is 17.7 Å². The van der Waals surface area contributed by atoms with Gasteiger partial charge < -0.3 is 10.1 Å². The number of rotatable bonds is 10. The summed E-state index contributed by atoms with van der Waals surface area (Å²) in [4.78, 5) is 35.8. The Morgan fingerprint density at radius 1 is 0.926 bits per heavy atom. The molecule has 0 aliphatic heterocycles. The van der Waals surface area contributed by atoms with Gasteiger partial charge in [0.25, 0.3) is 0 Å². The summed E-state index contributed by atoms with van der Waals surface area (Å²) in [6.07, 6.45) is 3.60. The Hall–Kier alpha value is -2.95. The van der Waals surface area contributed by atoms with Gasteiger partial charge in [-0.3, -0.25) is 14.4 Å². The van der Waals surface area contributed by atoms with Crippen molar-refractivity contribution in [2.75, 3.05) is 11.9 Å². The number of anilines is 1. The minimum Gasteiger partial charge on any atom is -0.457 e. The molecule has 0 atom stereocenters. The van der Waals surface area contributed by atoms with Crippen LogP contribution in [0.4, 0.5) is 5.69 Å². The zero-order valence-corrected chi connectivity index (χ0v) is 15.6. The average molecular weight is 367 g/mol. The second-order valence-corrected chi connectivity index (χ2v) is 6.33. The van der Waals surface area contributed by atoms with Crippen LogP contribution in [0.15, 0.2) is 54.6 Å². The van der Waals surface area contributed by atoms with Gasteiger partial charge in [-0.05, 0) is 36.2 Å². The van der Waals surface area contributed by atoms with Gasteiger partial charge in [0.05, 0.1) is 6.42 Å². The molecule has 0 bridgehead atoms. The number of carbonyl (C=O) groups is 3. The molecule has 2 aromatic carbocycles. The molecule has 1 amide bonds. The largest absolute Gasteiger partial charge is 0.457 e. The van der Waals surface area contributed by atoms with E-state index in [0.717, 1.165) is 24.8 Å². The second kappa shape index (κ2) is 10.9. The molecule has 0 radical (unpaired) electrons. The zero-order valence-electron chi connectivity index (χ0n) is 15.6. The lowest BCUT2D eigenvalue weighted by Gasteiger charge is -2.07. The SMILES string of the molecule is CCCCCC(=O)Nc1ccc(C(=O)COC(=O)Cc2ccccc2)cc1. The molecule has 27 heavy (non-hydrogen) atoms. The van der Waals surface area contributed by atoms with Gasteiger partial charge in [-0.25, -0.2) is 0 Å². The minimum absolute atomic E-state index is 0.0302. The predicted octanol–water partition coefficient (Wildman–Crippen LogP) is 4.17. The summed E-state index contributed by atoms with van der Waals surface area (Å²) in [7, 11) is 0. The Balaban J connectivity index is 1.77. The third-order valence-electron chi connectivity index (χ3n) is 4.05. The Labute approximate surface area is 159 Å².